The molecule has 0 bridgehead atoms. The van der Waals surface area contributed by atoms with E-state index in [1.54, 1.807) is 23.7 Å². The molecule has 0 saturated carbocycles. The van der Waals surface area contributed by atoms with Gasteiger partial charge in [0.05, 0.1) is 16.9 Å². The average Bonchev–Trinajstić information content (AvgIpc) is 3.17. The van der Waals surface area contributed by atoms with Crippen LogP contribution in [0.1, 0.15) is 16.8 Å². The Balaban J connectivity index is 1.75. The van der Waals surface area contributed by atoms with E-state index in [1.807, 2.05) is 30.3 Å². The predicted molar refractivity (Wildman–Crippen MR) is 100 cm³/mol. The Morgan fingerprint density at radius 1 is 1.11 bits per heavy atom. The molecule has 1 aromatic heterocycles. The van der Waals surface area contributed by atoms with E-state index in [4.69, 9.17) is 16.3 Å². The molecule has 4 rings (SSSR count). The maximum atomic E-state index is 13.9. The third-order valence-electron chi connectivity index (χ3n) is 4.05. The third kappa shape index (κ3) is 3.15. The second-order valence-corrected chi connectivity index (χ2v) is 6.21. The van der Waals surface area contributed by atoms with Gasteiger partial charge in [0.15, 0.2) is 5.70 Å². The van der Waals surface area contributed by atoms with Gasteiger partial charge in [-0.25, -0.2) is 18.9 Å². The van der Waals surface area contributed by atoms with Crippen molar-refractivity contribution in [2.24, 2.45) is 4.99 Å². The Hall–Kier alpha value is -3.25. The summed E-state index contributed by atoms with van der Waals surface area (Å²) in [6.45, 7) is 1.78. The lowest BCUT2D eigenvalue weighted by Gasteiger charge is -2.01. The zero-order chi connectivity index (χ0) is 19.0. The van der Waals surface area contributed by atoms with Gasteiger partial charge in [0.1, 0.15) is 11.0 Å². The number of rotatable bonds is 3. The Morgan fingerprint density at radius 3 is 2.56 bits per heavy atom. The van der Waals surface area contributed by atoms with Gasteiger partial charge in [-0.3, -0.25) is 0 Å². The largest absolute Gasteiger partial charge is 0.402 e. The number of hydrogen-bond acceptors (Lipinski definition) is 4. The molecule has 7 heteroatoms. The van der Waals surface area contributed by atoms with Gasteiger partial charge in [-0.15, -0.1) is 0 Å². The first-order valence-corrected chi connectivity index (χ1v) is 8.50. The van der Waals surface area contributed by atoms with Crippen molar-refractivity contribution >= 4 is 29.5 Å². The van der Waals surface area contributed by atoms with Crippen molar-refractivity contribution in [1.29, 1.82) is 0 Å². The molecule has 1 aliphatic heterocycles. The first-order chi connectivity index (χ1) is 13.0. The molecular weight excluding hydrogens is 369 g/mol. The number of para-hydroxylation sites is 1. The summed E-state index contributed by atoms with van der Waals surface area (Å²) in [6, 6.07) is 15.3. The van der Waals surface area contributed by atoms with E-state index in [1.165, 1.54) is 18.2 Å². The number of carbonyl (C=O) groups excluding carboxylic acids is 1. The van der Waals surface area contributed by atoms with Gasteiger partial charge in [0, 0.05) is 5.56 Å². The molecule has 1 aliphatic rings. The maximum Gasteiger partial charge on any atom is 0.363 e. The fourth-order valence-electron chi connectivity index (χ4n) is 2.71. The molecule has 0 saturated heterocycles. The van der Waals surface area contributed by atoms with Crippen molar-refractivity contribution < 1.29 is 13.9 Å². The van der Waals surface area contributed by atoms with E-state index in [0.29, 0.717) is 16.4 Å². The van der Waals surface area contributed by atoms with Crippen molar-refractivity contribution in [3.05, 3.63) is 88.1 Å². The maximum absolute atomic E-state index is 13.9. The number of cyclic esters (lactones) is 1. The molecule has 3 aromatic rings. The molecule has 0 radical (unpaired) electrons. The van der Waals surface area contributed by atoms with Gasteiger partial charge >= 0.3 is 5.97 Å². The number of nitrogens with zero attached hydrogens (tertiary/aromatic N) is 3. The Morgan fingerprint density at radius 2 is 1.81 bits per heavy atom. The molecule has 134 valence electrons. The molecule has 2 heterocycles. The van der Waals surface area contributed by atoms with Crippen molar-refractivity contribution in [2.45, 2.75) is 6.92 Å². The van der Waals surface area contributed by atoms with Crippen LogP contribution < -0.4 is 0 Å². The van der Waals surface area contributed by atoms with E-state index in [9.17, 15) is 9.18 Å². The van der Waals surface area contributed by atoms with Crippen molar-refractivity contribution in [3.63, 3.8) is 0 Å². The normalized spacial score (nSPS) is 15.1. The van der Waals surface area contributed by atoms with Crippen molar-refractivity contribution in [3.8, 4) is 5.69 Å². The number of aryl methyl sites for hydroxylation is 1. The molecule has 0 unspecified atom stereocenters. The minimum atomic E-state index is -0.670. The van der Waals surface area contributed by atoms with Gasteiger partial charge in [-0.2, -0.15) is 5.10 Å². The van der Waals surface area contributed by atoms with Crippen LogP contribution in [-0.2, 0) is 9.53 Å². The highest BCUT2D eigenvalue weighted by Gasteiger charge is 2.27. The summed E-state index contributed by atoms with van der Waals surface area (Å²) in [5.41, 5.74) is 2.12. The van der Waals surface area contributed by atoms with Crippen LogP contribution >= 0.6 is 11.6 Å². The van der Waals surface area contributed by atoms with Gasteiger partial charge in [-0.05, 0) is 37.3 Å². The summed E-state index contributed by atoms with van der Waals surface area (Å²) >= 11 is 6.46. The molecule has 0 fully saturated rings. The Labute approximate surface area is 159 Å². The number of hydrogen-bond donors (Lipinski definition) is 0. The Bertz CT molecular complexity index is 1100. The summed E-state index contributed by atoms with van der Waals surface area (Å²) in [7, 11) is 0. The Kier molecular flexibility index (Phi) is 4.33. The van der Waals surface area contributed by atoms with E-state index >= 15 is 0 Å². The van der Waals surface area contributed by atoms with E-state index in [2.05, 4.69) is 10.1 Å². The summed E-state index contributed by atoms with van der Waals surface area (Å²) in [6.07, 6.45) is 1.50. The van der Waals surface area contributed by atoms with E-state index in [0.717, 1.165) is 5.69 Å². The average molecular weight is 382 g/mol. The number of benzene rings is 2. The fourth-order valence-corrected chi connectivity index (χ4v) is 3.04. The quantitative estimate of drug-likeness (QED) is 0.501. The first kappa shape index (κ1) is 17.2. The highest BCUT2D eigenvalue weighted by atomic mass is 35.5. The van der Waals surface area contributed by atoms with Crippen LogP contribution in [0.25, 0.3) is 11.8 Å². The molecule has 0 atom stereocenters. The van der Waals surface area contributed by atoms with Gasteiger partial charge in [-0.1, -0.05) is 41.9 Å². The summed E-state index contributed by atoms with van der Waals surface area (Å²) in [4.78, 5) is 16.3. The standard InChI is InChI=1S/C20H13ClFN3O2/c1-12-15(18(21)25(24-12)13-7-3-2-4-8-13)11-17-20(26)27-19(23-17)14-9-5-6-10-16(14)22/h2-11H,1H3/b17-11-. The van der Waals surface area contributed by atoms with E-state index in [-0.39, 0.29) is 17.2 Å². The number of carbonyl (C=O) groups is 1. The van der Waals surface area contributed by atoms with Crippen molar-refractivity contribution in [2.75, 3.05) is 0 Å². The second kappa shape index (κ2) is 6.81. The molecule has 27 heavy (non-hydrogen) atoms. The number of aliphatic imine (C=N–C) groups is 1. The van der Waals surface area contributed by atoms with Crippen LogP contribution in [0.2, 0.25) is 5.15 Å². The first-order valence-electron chi connectivity index (χ1n) is 8.12. The molecule has 0 amide bonds. The number of ether oxygens (including phenoxy) is 1. The van der Waals surface area contributed by atoms with Crippen LogP contribution in [0.4, 0.5) is 4.39 Å². The molecule has 5 nitrogen and oxygen atoms in total. The smallest absolute Gasteiger partial charge is 0.363 e. The summed E-state index contributed by atoms with van der Waals surface area (Å²) < 4.78 is 20.6. The molecular formula is C20H13ClFN3O2. The van der Waals surface area contributed by atoms with Crippen LogP contribution in [0, 0.1) is 12.7 Å². The topological polar surface area (TPSA) is 56.5 Å². The molecule has 0 N–H and O–H groups in total. The molecule has 0 aliphatic carbocycles. The van der Waals surface area contributed by atoms with Gasteiger partial charge in [0.2, 0.25) is 5.90 Å². The van der Waals surface area contributed by atoms with Crippen LogP contribution in [0.3, 0.4) is 0 Å². The molecule has 0 spiro atoms. The third-order valence-corrected chi connectivity index (χ3v) is 4.42. The lowest BCUT2D eigenvalue weighted by Crippen LogP contribution is -2.07. The number of halogens is 2. The van der Waals surface area contributed by atoms with Crippen molar-refractivity contribution in [1.82, 2.24) is 9.78 Å². The van der Waals surface area contributed by atoms with Crippen LogP contribution in [0.5, 0.6) is 0 Å². The van der Waals surface area contributed by atoms with E-state index < -0.39 is 11.8 Å². The number of esters is 1. The van der Waals surface area contributed by atoms with Crippen LogP contribution in [0.15, 0.2) is 65.3 Å². The monoisotopic (exact) mass is 381 g/mol. The number of aromatic nitrogens is 2. The highest BCUT2D eigenvalue weighted by molar-refractivity contribution is 6.31. The van der Waals surface area contributed by atoms with Gasteiger partial charge in [0.25, 0.3) is 0 Å². The minimum Gasteiger partial charge on any atom is -0.402 e. The van der Waals surface area contributed by atoms with Crippen LogP contribution in [-0.4, -0.2) is 21.6 Å². The fraction of sp³-hybridized carbons (Fsp3) is 0.0500. The zero-order valence-corrected chi connectivity index (χ0v) is 14.9. The predicted octanol–water partition coefficient (Wildman–Crippen LogP) is 4.32. The summed E-state index contributed by atoms with van der Waals surface area (Å²) in [5, 5.41) is 4.76. The second-order valence-electron chi connectivity index (χ2n) is 5.85. The van der Waals surface area contributed by atoms with Gasteiger partial charge < -0.3 is 4.74 Å². The summed E-state index contributed by atoms with van der Waals surface area (Å²) in [5.74, 6) is -1.26. The highest BCUT2D eigenvalue weighted by Crippen LogP contribution is 2.28. The minimum absolute atomic E-state index is 0.0332. The molecule has 2 aromatic carbocycles. The lowest BCUT2D eigenvalue weighted by molar-refractivity contribution is -0.129. The SMILES string of the molecule is Cc1nn(-c2ccccc2)c(Cl)c1/C=C1\N=C(c2ccccc2F)OC1=O. The zero-order valence-electron chi connectivity index (χ0n) is 14.2. The lowest BCUT2D eigenvalue weighted by atomic mass is 10.2.